The smallest absolute Gasteiger partial charge is 0.269 e. The Balaban J connectivity index is 2.46. The van der Waals surface area contributed by atoms with Gasteiger partial charge >= 0.3 is 0 Å². The number of nitrogens with one attached hydrogen (secondary N) is 1. The van der Waals surface area contributed by atoms with Crippen molar-refractivity contribution in [2.75, 3.05) is 7.05 Å². The molecular formula is C14H9ClF2N4O3S. The second-order valence-corrected chi connectivity index (χ2v) is 6.98. The molecule has 3 rings (SSSR count). The maximum absolute atomic E-state index is 14.1. The van der Waals surface area contributed by atoms with Crippen molar-refractivity contribution < 1.29 is 17.2 Å². The van der Waals surface area contributed by atoms with Crippen molar-refractivity contribution in [1.29, 1.82) is 0 Å². The molecule has 0 aliphatic heterocycles. The normalized spacial score (nSPS) is 11.8. The number of fused-ring (bicyclic) bond motifs is 1. The van der Waals surface area contributed by atoms with Crippen LogP contribution >= 0.6 is 11.6 Å². The van der Waals surface area contributed by atoms with E-state index in [2.05, 4.69) is 9.97 Å². The molecule has 0 aliphatic rings. The Kier molecular flexibility index (Phi) is 4.27. The molecule has 11 heteroatoms. The van der Waals surface area contributed by atoms with Crippen LogP contribution in [0.4, 0.5) is 8.78 Å². The first-order valence-electron chi connectivity index (χ1n) is 6.73. The summed E-state index contributed by atoms with van der Waals surface area (Å²) < 4.78 is 54.0. The third-order valence-electron chi connectivity index (χ3n) is 3.34. The number of rotatable bonds is 3. The van der Waals surface area contributed by atoms with Gasteiger partial charge in [0.1, 0.15) is 16.8 Å². The molecule has 0 saturated heterocycles. The third kappa shape index (κ3) is 2.99. The van der Waals surface area contributed by atoms with Gasteiger partial charge in [0, 0.05) is 12.1 Å². The molecule has 7 nitrogen and oxygen atoms in total. The molecule has 0 aliphatic carbocycles. The molecule has 2 heterocycles. The summed E-state index contributed by atoms with van der Waals surface area (Å²) in [5.74, 6) is -1.86. The largest absolute Gasteiger partial charge is 0.276 e. The molecule has 0 radical (unpaired) electrons. The van der Waals surface area contributed by atoms with Gasteiger partial charge in [0.2, 0.25) is 0 Å². The fraction of sp³-hybridized carbons (Fsp3) is 0.0714. The minimum Gasteiger partial charge on any atom is -0.269 e. The van der Waals surface area contributed by atoms with E-state index >= 15 is 0 Å². The van der Waals surface area contributed by atoms with Gasteiger partial charge in [-0.15, -0.1) is 0 Å². The van der Waals surface area contributed by atoms with Crippen LogP contribution in [-0.2, 0) is 10.0 Å². The van der Waals surface area contributed by atoms with E-state index in [0.29, 0.717) is 6.07 Å². The Morgan fingerprint density at radius 1 is 1.16 bits per heavy atom. The van der Waals surface area contributed by atoms with Crippen LogP contribution in [-0.4, -0.2) is 30.0 Å². The summed E-state index contributed by atoms with van der Waals surface area (Å²) in [6, 6.07) is 4.96. The van der Waals surface area contributed by atoms with E-state index in [1.807, 2.05) is 4.72 Å². The van der Waals surface area contributed by atoms with Crippen molar-refractivity contribution in [2.24, 2.45) is 0 Å². The van der Waals surface area contributed by atoms with Gasteiger partial charge in [-0.05, 0) is 25.2 Å². The van der Waals surface area contributed by atoms with Gasteiger partial charge in [-0.25, -0.2) is 26.9 Å². The number of aromatic nitrogens is 3. The van der Waals surface area contributed by atoms with E-state index in [-0.39, 0.29) is 21.9 Å². The van der Waals surface area contributed by atoms with Crippen molar-refractivity contribution >= 4 is 32.7 Å². The molecule has 3 aromatic rings. The topological polar surface area (TPSA) is 94.0 Å². The first-order valence-corrected chi connectivity index (χ1v) is 8.59. The molecule has 1 N–H and O–H groups in total. The third-order valence-corrected chi connectivity index (χ3v) is 4.83. The molecular weight excluding hydrogens is 378 g/mol. The predicted octanol–water partition coefficient (Wildman–Crippen LogP) is 1.62. The maximum atomic E-state index is 14.1. The summed E-state index contributed by atoms with van der Waals surface area (Å²) in [6.07, 6.45) is 0. The minimum atomic E-state index is -4.07. The van der Waals surface area contributed by atoms with E-state index in [1.54, 1.807) is 0 Å². The Bertz CT molecular complexity index is 1160. The van der Waals surface area contributed by atoms with Crippen LogP contribution in [0.15, 0.2) is 40.3 Å². The second kappa shape index (κ2) is 6.14. The van der Waals surface area contributed by atoms with Gasteiger partial charge in [0.05, 0.1) is 11.1 Å². The number of sulfonamides is 1. The van der Waals surface area contributed by atoms with Crippen LogP contribution in [0.2, 0.25) is 5.15 Å². The number of halogens is 3. The van der Waals surface area contributed by atoms with Gasteiger partial charge in [0.15, 0.2) is 5.65 Å². The first-order chi connectivity index (χ1) is 11.7. The molecule has 0 fully saturated rings. The van der Waals surface area contributed by atoms with Gasteiger partial charge in [-0.3, -0.25) is 9.36 Å². The summed E-state index contributed by atoms with van der Waals surface area (Å²) in [6.45, 7) is 0. The predicted molar refractivity (Wildman–Crippen MR) is 86.3 cm³/mol. The van der Waals surface area contributed by atoms with E-state index in [1.165, 1.54) is 6.07 Å². The molecule has 130 valence electrons. The maximum Gasteiger partial charge on any atom is 0.276 e. The Labute approximate surface area is 145 Å². The van der Waals surface area contributed by atoms with Crippen LogP contribution in [0.3, 0.4) is 0 Å². The van der Waals surface area contributed by atoms with Crippen LogP contribution in [0, 0.1) is 11.6 Å². The van der Waals surface area contributed by atoms with Crippen LogP contribution in [0.1, 0.15) is 0 Å². The van der Waals surface area contributed by atoms with E-state index in [4.69, 9.17) is 11.6 Å². The Hall–Kier alpha value is -2.43. The zero-order valence-electron chi connectivity index (χ0n) is 12.5. The lowest BCUT2D eigenvalue weighted by molar-refractivity contribution is 0.576. The van der Waals surface area contributed by atoms with Gasteiger partial charge in [-0.1, -0.05) is 11.6 Å². The summed E-state index contributed by atoms with van der Waals surface area (Å²) in [4.78, 5) is 19.8. The fourth-order valence-electron chi connectivity index (χ4n) is 2.17. The summed E-state index contributed by atoms with van der Waals surface area (Å²) in [7, 11) is -2.92. The molecule has 0 bridgehead atoms. The lowest BCUT2D eigenvalue weighted by Crippen LogP contribution is -2.24. The average molecular weight is 387 g/mol. The van der Waals surface area contributed by atoms with E-state index < -0.39 is 32.4 Å². The summed E-state index contributed by atoms with van der Waals surface area (Å²) in [5.41, 5.74) is -1.24. The Morgan fingerprint density at radius 2 is 1.88 bits per heavy atom. The zero-order valence-corrected chi connectivity index (χ0v) is 14.1. The van der Waals surface area contributed by atoms with Crippen molar-refractivity contribution in [3.8, 4) is 5.69 Å². The molecule has 0 spiro atoms. The molecule has 0 saturated carbocycles. The molecule has 0 amide bonds. The minimum absolute atomic E-state index is 0.125. The van der Waals surface area contributed by atoms with Crippen molar-refractivity contribution in [3.63, 3.8) is 0 Å². The molecule has 0 atom stereocenters. The quantitative estimate of drug-likeness (QED) is 0.545. The molecule has 2 aromatic heterocycles. The molecule has 0 unspecified atom stereocenters. The van der Waals surface area contributed by atoms with Crippen molar-refractivity contribution in [3.05, 3.63) is 57.5 Å². The standard InChI is InChI=1S/C14H9ClF2N4O3S/c1-18-25(23,24)14-19-12(15)8-3-5-11(22)21(13(8)20-14)10-4-2-7(16)6-9(10)17/h2-6,18H,1H3. The van der Waals surface area contributed by atoms with Crippen molar-refractivity contribution in [2.45, 2.75) is 5.16 Å². The first kappa shape index (κ1) is 17.4. The molecule has 1 aromatic carbocycles. The lowest BCUT2D eigenvalue weighted by Gasteiger charge is -2.12. The van der Waals surface area contributed by atoms with E-state index in [9.17, 15) is 22.0 Å². The van der Waals surface area contributed by atoms with Gasteiger partial charge in [0.25, 0.3) is 20.7 Å². The highest BCUT2D eigenvalue weighted by atomic mass is 35.5. The van der Waals surface area contributed by atoms with Crippen molar-refractivity contribution in [1.82, 2.24) is 19.3 Å². The fourth-order valence-corrected chi connectivity index (χ4v) is 3.04. The monoisotopic (exact) mass is 386 g/mol. The summed E-state index contributed by atoms with van der Waals surface area (Å²) in [5, 5.41) is -0.801. The number of benzene rings is 1. The lowest BCUT2D eigenvalue weighted by atomic mass is 10.2. The number of pyridine rings is 1. The van der Waals surface area contributed by atoms with Crippen LogP contribution < -0.4 is 10.3 Å². The molecule has 25 heavy (non-hydrogen) atoms. The number of nitrogens with zero attached hydrogens (tertiary/aromatic N) is 3. The number of hydrogen-bond acceptors (Lipinski definition) is 5. The Morgan fingerprint density at radius 3 is 2.52 bits per heavy atom. The highest BCUT2D eigenvalue weighted by Gasteiger charge is 2.21. The highest BCUT2D eigenvalue weighted by Crippen LogP contribution is 2.23. The summed E-state index contributed by atoms with van der Waals surface area (Å²) >= 11 is 5.99. The van der Waals surface area contributed by atoms with E-state index in [0.717, 1.165) is 29.8 Å². The SMILES string of the molecule is CNS(=O)(=O)c1nc(Cl)c2ccc(=O)n(-c3ccc(F)cc3F)c2n1. The van der Waals surface area contributed by atoms with Crippen LogP contribution in [0.25, 0.3) is 16.7 Å². The second-order valence-electron chi connectivity index (χ2n) is 4.84. The number of hydrogen-bond donors (Lipinski definition) is 1. The highest BCUT2D eigenvalue weighted by molar-refractivity contribution is 7.89. The zero-order chi connectivity index (χ0) is 18.4. The van der Waals surface area contributed by atoms with Crippen LogP contribution in [0.5, 0.6) is 0 Å². The average Bonchev–Trinajstić information content (AvgIpc) is 2.55. The van der Waals surface area contributed by atoms with Gasteiger partial charge in [-0.2, -0.15) is 4.98 Å². The van der Waals surface area contributed by atoms with Gasteiger partial charge < -0.3 is 0 Å².